The summed E-state index contributed by atoms with van der Waals surface area (Å²) >= 11 is 0. The number of para-hydroxylation sites is 1. The van der Waals surface area contributed by atoms with E-state index in [2.05, 4.69) is 35.7 Å². The number of nitrogens with zero attached hydrogens (tertiary/aromatic N) is 5. The summed E-state index contributed by atoms with van der Waals surface area (Å²) in [5.41, 5.74) is 2.62. The van der Waals surface area contributed by atoms with E-state index < -0.39 is 0 Å². The van der Waals surface area contributed by atoms with Crippen LogP contribution < -0.4 is 15.4 Å². The van der Waals surface area contributed by atoms with Crippen LogP contribution in [0.5, 0.6) is 5.75 Å². The van der Waals surface area contributed by atoms with E-state index in [0.29, 0.717) is 40.3 Å². The fourth-order valence-corrected chi connectivity index (χ4v) is 3.48. The van der Waals surface area contributed by atoms with E-state index >= 15 is 0 Å². The molecular formula is C22H22N8O2. The van der Waals surface area contributed by atoms with E-state index in [-0.39, 0.29) is 11.7 Å². The number of carbonyl (C=O) groups is 1. The van der Waals surface area contributed by atoms with Crippen LogP contribution in [-0.2, 0) is 7.05 Å². The molecule has 0 radical (unpaired) electrons. The van der Waals surface area contributed by atoms with Crippen molar-refractivity contribution in [2.45, 2.75) is 12.8 Å². The van der Waals surface area contributed by atoms with Crippen molar-refractivity contribution in [2.24, 2.45) is 13.0 Å². The van der Waals surface area contributed by atoms with E-state index in [4.69, 9.17) is 4.74 Å². The SMILES string of the molecule is COc1c(Nc2cc(Nc3ncc[nH]3)ncc2C(=O)C2CC2)cccc1-c1ncn(C)n1. The highest BCUT2D eigenvalue weighted by molar-refractivity contribution is 6.04. The van der Waals surface area contributed by atoms with Crippen molar-refractivity contribution >= 4 is 28.9 Å². The molecule has 3 N–H and O–H groups in total. The lowest BCUT2D eigenvalue weighted by molar-refractivity contribution is 0.0968. The molecule has 3 aromatic heterocycles. The summed E-state index contributed by atoms with van der Waals surface area (Å²) < 4.78 is 7.34. The average molecular weight is 430 g/mol. The first kappa shape index (κ1) is 19.7. The molecule has 10 heteroatoms. The number of imidazole rings is 1. The van der Waals surface area contributed by atoms with Gasteiger partial charge in [-0.2, -0.15) is 5.10 Å². The zero-order chi connectivity index (χ0) is 22.1. The van der Waals surface area contributed by atoms with E-state index in [1.54, 1.807) is 42.8 Å². The maximum Gasteiger partial charge on any atom is 0.205 e. The zero-order valence-electron chi connectivity index (χ0n) is 17.7. The van der Waals surface area contributed by atoms with Crippen LogP contribution in [0.25, 0.3) is 11.4 Å². The minimum Gasteiger partial charge on any atom is -0.494 e. The molecule has 0 bridgehead atoms. The van der Waals surface area contributed by atoms with Crippen molar-refractivity contribution in [3.05, 3.63) is 54.7 Å². The van der Waals surface area contributed by atoms with Crippen molar-refractivity contribution in [2.75, 3.05) is 17.7 Å². The van der Waals surface area contributed by atoms with Gasteiger partial charge in [-0.25, -0.2) is 15.0 Å². The molecule has 1 aliphatic rings. The largest absolute Gasteiger partial charge is 0.494 e. The number of rotatable bonds is 8. The molecule has 0 saturated heterocycles. The first-order chi connectivity index (χ1) is 15.6. The monoisotopic (exact) mass is 430 g/mol. The summed E-state index contributed by atoms with van der Waals surface area (Å²) in [7, 11) is 3.41. The highest BCUT2D eigenvalue weighted by Crippen LogP contribution is 2.39. The number of aromatic amines is 1. The number of ether oxygens (including phenoxy) is 1. The van der Waals surface area contributed by atoms with Crippen LogP contribution in [0.2, 0.25) is 0 Å². The van der Waals surface area contributed by atoms with Crippen LogP contribution in [0.15, 0.2) is 49.2 Å². The van der Waals surface area contributed by atoms with Crippen LogP contribution in [0.4, 0.5) is 23.1 Å². The van der Waals surface area contributed by atoms with Crippen molar-refractivity contribution < 1.29 is 9.53 Å². The topological polar surface area (TPSA) is 123 Å². The normalized spacial score (nSPS) is 13.1. The Labute approximate surface area is 184 Å². The van der Waals surface area contributed by atoms with Gasteiger partial charge in [0.25, 0.3) is 0 Å². The van der Waals surface area contributed by atoms with Gasteiger partial charge in [0.2, 0.25) is 5.95 Å². The number of aromatic nitrogens is 6. The molecule has 32 heavy (non-hydrogen) atoms. The fraction of sp³-hybridized carbons (Fsp3) is 0.227. The molecule has 0 amide bonds. The molecule has 0 spiro atoms. The Morgan fingerprint density at radius 2 is 2.06 bits per heavy atom. The molecule has 1 saturated carbocycles. The van der Waals surface area contributed by atoms with Gasteiger partial charge in [-0.15, -0.1) is 0 Å². The summed E-state index contributed by atoms with van der Waals surface area (Å²) in [5.74, 6) is 2.40. The molecular weight excluding hydrogens is 408 g/mol. The molecule has 162 valence electrons. The van der Waals surface area contributed by atoms with Gasteiger partial charge in [0.15, 0.2) is 17.4 Å². The Bertz CT molecular complexity index is 1260. The number of hydrogen-bond donors (Lipinski definition) is 3. The molecule has 3 heterocycles. The van der Waals surface area contributed by atoms with Gasteiger partial charge < -0.3 is 20.4 Å². The Hall–Kier alpha value is -4.21. The number of methoxy groups -OCH3 is 1. The smallest absolute Gasteiger partial charge is 0.205 e. The summed E-state index contributed by atoms with van der Waals surface area (Å²) in [4.78, 5) is 28.8. The second-order valence-electron chi connectivity index (χ2n) is 7.57. The lowest BCUT2D eigenvalue weighted by Gasteiger charge is -2.17. The van der Waals surface area contributed by atoms with Crippen LogP contribution in [-0.4, -0.2) is 42.6 Å². The molecule has 1 aliphatic carbocycles. The van der Waals surface area contributed by atoms with Gasteiger partial charge >= 0.3 is 0 Å². The van der Waals surface area contributed by atoms with Gasteiger partial charge in [-0.1, -0.05) is 6.07 Å². The van der Waals surface area contributed by atoms with E-state index in [1.165, 1.54) is 0 Å². The van der Waals surface area contributed by atoms with Crippen molar-refractivity contribution in [3.63, 3.8) is 0 Å². The van der Waals surface area contributed by atoms with Crippen LogP contribution >= 0.6 is 0 Å². The minimum atomic E-state index is 0.0622. The quantitative estimate of drug-likeness (QED) is 0.362. The van der Waals surface area contributed by atoms with E-state index in [1.807, 2.05) is 25.2 Å². The summed E-state index contributed by atoms with van der Waals surface area (Å²) in [6.45, 7) is 0. The Balaban J connectivity index is 1.54. The van der Waals surface area contributed by atoms with Crippen LogP contribution in [0.3, 0.4) is 0 Å². The Morgan fingerprint density at radius 1 is 1.19 bits per heavy atom. The second kappa shape index (κ2) is 8.14. The van der Waals surface area contributed by atoms with Crippen molar-refractivity contribution in [3.8, 4) is 17.1 Å². The Kier molecular flexibility index (Phi) is 5.02. The summed E-state index contributed by atoms with van der Waals surface area (Å²) in [5, 5.41) is 10.9. The van der Waals surface area contributed by atoms with E-state index in [9.17, 15) is 4.79 Å². The van der Waals surface area contributed by atoms with Gasteiger partial charge in [-0.3, -0.25) is 9.48 Å². The van der Waals surface area contributed by atoms with E-state index in [0.717, 1.165) is 18.4 Å². The number of anilines is 4. The van der Waals surface area contributed by atoms with Crippen LogP contribution in [0.1, 0.15) is 23.2 Å². The minimum absolute atomic E-state index is 0.0622. The van der Waals surface area contributed by atoms with Gasteiger partial charge in [0.1, 0.15) is 12.1 Å². The number of Topliss-reactive ketones (excluding diaryl/α,β-unsaturated/α-hetero) is 1. The molecule has 1 aromatic carbocycles. The number of aryl methyl sites for hydroxylation is 1. The first-order valence-corrected chi connectivity index (χ1v) is 10.2. The highest BCUT2D eigenvalue weighted by atomic mass is 16.5. The first-order valence-electron chi connectivity index (χ1n) is 10.2. The van der Waals surface area contributed by atoms with Gasteiger partial charge in [0, 0.05) is 37.6 Å². The molecule has 0 unspecified atom stereocenters. The summed E-state index contributed by atoms with van der Waals surface area (Å²) in [6.07, 6.45) is 8.42. The second-order valence-corrected chi connectivity index (χ2v) is 7.57. The third kappa shape index (κ3) is 3.89. The molecule has 1 fully saturated rings. The zero-order valence-corrected chi connectivity index (χ0v) is 17.7. The molecule has 4 aromatic rings. The highest BCUT2D eigenvalue weighted by Gasteiger charge is 2.32. The number of benzene rings is 1. The molecule has 0 aliphatic heterocycles. The predicted octanol–water partition coefficient (Wildman–Crippen LogP) is 3.69. The number of H-pyrrole nitrogens is 1. The van der Waals surface area contributed by atoms with Gasteiger partial charge in [0.05, 0.1) is 29.6 Å². The Morgan fingerprint density at radius 3 is 2.75 bits per heavy atom. The average Bonchev–Trinajstić information content (AvgIpc) is 3.36. The third-order valence-corrected chi connectivity index (χ3v) is 5.19. The van der Waals surface area contributed by atoms with Gasteiger partial charge in [-0.05, 0) is 25.0 Å². The lowest BCUT2D eigenvalue weighted by atomic mass is 10.1. The summed E-state index contributed by atoms with van der Waals surface area (Å²) in [6, 6.07) is 7.47. The molecule has 0 atom stereocenters. The number of pyridine rings is 1. The third-order valence-electron chi connectivity index (χ3n) is 5.19. The standard InChI is InChI=1S/C22H22N8O2/c1-30-12-26-21(29-30)14-4-3-5-16(20(14)32-2)27-17-10-18(28-22-23-8-9-24-22)25-11-15(17)19(31)13-6-7-13/h3-5,8-13H,6-7H2,1-2H3,(H3,23,24,25,27,28). The maximum atomic E-state index is 12.9. The molecule has 10 nitrogen and oxygen atoms in total. The maximum absolute atomic E-state index is 12.9. The number of hydrogen-bond acceptors (Lipinski definition) is 8. The number of nitrogens with one attached hydrogen (secondary N) is 3. The molecule has 5 rings (SSSR count). The lowest BCUT2D eigenvalue weighted by Crippen LogP contribution is -2.08. The number of ketones is 1. The fourth-order valence-electron chi connectivity index (χ4n) is 3.48. The van der Waals surface area contributed by atoms with Crippen molar-refractivity contribution in [1.29, 1.82) is 0 Å². The predicted molar refractivity (Wildman–Crippen MR) is 119 cm³/mol. The number of carbonyl (C=O) groups excluding carboxylic acids is 1. The van der Waals surface area contributed by atoms with Crippen LogP contribution in [0, 0.1) is 5.92 Å². The van der Waals surface area contributed by atoms with Crippen molar-refractivity contribution in [1.82, 2.24) is 29.7 Å².